The van der Waals surface area contributed by atoms with Gasteiger partial charge in [0, 0.05) is 25.3 Å². The van der Waals surface area contributed by atoms with E-state index < -0.39 is 0 Å². The standard InChI is InChI=1S/C6H12N3/c1-4-6-5(2-7-4)8-3-9-6/h4-9H,1-3H2/q-1. The van der Waals surface area contributed by atoms with Crippen molar-refractivity contribution in [1.29, 1.82) is 0 Å². The number of hydrogen-bond acceptors (Lipinski definition) is 3. The number of fused-ring (bicyclic) bond motifs is 1. The summed E-state index contributed by atoms with van der Waals surface area (Å²) in [4.78, 5) is 0. The van der Waals surface area contributed by atoms with Gasteiger partial charge in [-0.05, 0) is 0 Å². The second kappa shape index (κ2) is 1.94. The molecule has 0 spiro atoms. The summed E-state index contributed by atoms with van der Waals surface area (Å²) in [6, 6.07) is 1.57. The Hall–Kier alpha value is -0.120. The summed E-state index contributed by atoms with van der Waals surface area (Å²) in [5.41, 5.74) is 0. The first-order valence-corrected chi connectivity index (χ1v) is 3.41. The molecular weight excluding hydrogens is 114 g/mol. The van der Waals surface area contributed by atoms with Gasteiger partial charge in [0.05, 0.1) is 0 Å². The lowest BCUT2D eigenvalue weighted by Gasteiger charge is -2.18. The van der Waals surface area contributed by atoms with Crippen LogP contribution in [0.5, 0.6) is 0 Å². The lowest BCUT2D eigenvalue weighted by atomic mass is 10.1. The highest BCUT2D eigenvalue weighted by Gasteiger charge is 2.32. The largest absolute Gasteiger partial charge is 0.340 e. The normalized spacial score (nSPS) is 49.7. The number of hydrogen-bond donors (Lipinski definition) is 3. The molecule has 0 radical (unpaired) electrons. The summed E-state index contributed by atoms with van der Waals surface area (Å²) in [5, 5.41) is 9.95. The molecule has 3 atom stereocenters. The van der Waals surface area contributed by atoms with E-state index in [9.17, 15) is 0 Å². The van der Waals surface area contributed by atoms with E-state index in [4.69, 9.17) is 0 Å². The Balaban J connectivity index is 2.07. The van der Waals surface area contributed by atoms with Crippen molar-refractivity contribution in [3.63, 3.8) is 0 Å². The van der Waals surface area contributed by atoms with Crippen LogP contribution < -0.4 is 16.0 Å². The van der Waals surface area contributed by atoms with E-state index in [2.05, 4.69) is 22.9 Å². The van der Waals surface area contributed by atoms with Crippen molar-refractivity contribution < 1.29 is 0 Å². The van der Waals surface area contributed by atoms with Crippen molar-refractivity contribution >= 4 is 0 Å². The second-order valence-electron chi connectivity index (χ2n) is 2.73. The molecule has 0 aromatic carbocycles. The third kappa shape index (κ3) is 0.764. The van der Waals surface area contributed by atoms with Crippen LogP contribution in [0.3, 0.4) is 0 Å². The lowest BCUT2D eigenvalue weighted by molar-refractivity contribution is 0.557. The third-order valence-electron chi connectivity index (χ3n) is 2.17. The summed E-state index contributed by atoms with van der Waals surface area (Å²) in [5.74, 6) is 0. The molecule has 2 rings (SSSR count). The fourth-order valence-electron chi connectivity index (χ4n) is 1.60. The maximum absolute atomic E-state index is 3.97. The van der Waals surface area contributed by atoms with Gasteiger partial charge in [-0.25, -0.2) is 0 Å². The van der Waals surface area contributed by atoms with E-state index >= 15 is 0 Å². The lowest BCUT2D eigenvalue weighted by Crippen LogP contribution is -2.37. The molecule has 3 N–H and O–H groups in total. The molecule has 2 heterocycles. The molecule has 0 amide bonds. The summed E-state index contributed by atoms with van der Waals surface area (Å²) in [7, 11) is 0. The minimum Gasteiger partial charge on any atom is -0.340 e. The first-order chi connectivity index (χ1) is 4.38. The fraction of sp³-hybridized carbons (Fsp3) is 0.833. The van der Waals surface area contributed by atoms with E-state index in [1.54, 1.807) is 0 Å². The monoisotopic (exact) mass is 126 g/mol. The Kier molecular flexibility index (Phi) is 1.22. The first kappa shape index (κ1) is 5.65. The highest BCUT2D eigenvalue weighted by molar-refractivity contribution is 5.03. The smallest absolute Gasteiger partial charge is 0.0459 e. The number of rotatable bonds is 0. The molecule has 2 saturated heterocycles. The van der Waals surface area contributed by atoms with Crippen LogP contribution in [0, 0.1) is 6.92 Å². The van der Waals surface area contributed by atoms with Crippen molar-refractivity contribution in [3.05, 3.63) is 6.92 Å². The molecule has 2 aliphatic rings. The molecule has 0 aromatic heterocycles. The molecule has 52 valence electrons. The van der Waals surface area contributed by atoms with Crippen molar-refractivity contribution in [1.82, 2.24) is 16.0 Å². The molecule has 0 bridgehead atoms. The van der Waals surface area contributed by atoms with E-state index in [0.29, 0.717) is 18.1 Å². The quantitative estimate of drug-likeness (QED) is 0.352. The molecular formula is C6H12N3-. The summed E-state index contributed by atoms with van der Waals surface area (Å²) >= 11 is 0. The van der Waals surface area contributed by atoms with Gasteiger partial charge in [0.25, 0.3) is 0 Å². The highest BCUT2D eigenvalue weighted by atomic mass is 15.3. The van der Waals surface area contributed by atoms with Gasteiger partial charge < -0.3 is 17.6 Å². The van der Waals surface area contributed by atoms with Crippen LogP contribution in [0.1, 0.15) is 0 Å². The summed E-state index contributed by atoms with van der Waals surface area (Å²) < 4.78 is 0. The fourth-order valence-corrected chi connectivity index (χ4v) is 1.60. The van der Waals surface area contributed by atoms with Crippen LogP contribution in [0.4, 0.5) is 0 Å². The van der Waals surface area contributed by atoms with E-state index in [-0.39, 0.29) is 0 Å². The van der Waals surface area contributed by atoms with Crippen LogP contribution in [0.2, 0.25) is 0 Å². The molecule has 9 heavy (non-hydrogen) atoms. The molecule has 2 fully saturated rings. The predicted molar refractivity (Wildman–Crippen MR) is 35.9 cm³/mol. The predicted octanol–water partition coefficient (Wildman–Crippen LogP) is -1.32. The Labute approximate surface area is 55.2 Å². The molecule has 3 nitrogen and oxygen atoms in total. The van der Waals surface area contributed by atoms with Crippen molar-refractivity contribution in [2.45, 2.75) is 18.1 Å². The van der Waals surface area contributed by atoms with Gasteiger partial charge in [-0.15, -0.1) is 6.04 Å². The minimum atomic E-state index is 0.394. The number of nitrogens with one attached hydrogen (secondary N) is 3. The van der Waals surface area contributed by atoms with E-state index in [1.807, 2.05) is 0 Å². The van der Waals surface area contributed by atoms with Gasteiger partial charge in [-0.3, -0.25) is 5.32 Å². The highest BCUT2D eigenvalue weighted by Crippen LogP contribution is 2.09. The average molecular weight is 126 g/mol. The molecule has 3 unspecified atom stereocenters. The zero-order chi connectivity index (χ0) is 6.27. The van der Waals surface area contributed by atoms with E-state index in [0.717, 1.165) is 13.2 Å². The van der Waals surface area contributed by atoms with Crippen molar-refractivity contribution in [2.75, 3.05) is 13.2 Å². The van der Waals surface area contributed by atoms with Gasteiger partial charge >= 0.3 is 0 Å². The van der Waals surface area contributed by atoms with Gasteiger partial charge in [0.2, 0.25) is 0 Å². The van der Waals surface area contributed by atoms with Crippen molar-refractivity contribution in [2.24, 2.45) is 0 Å². The summed E-state index contributed by atoms with van der Waals surface area (Å²) in [6.45, 7) is 5.98. The topological polar surface area (TPSA) is 36.1 Å². The SMILES string of the molecule is [CH2-]C1NCC2NCNC12. The van der Waals surface area contributed by atoms with E-state index in [1.165, 1.54) is 0 Å². The Bertz CT molecular complexity index is 115. The van der Waals surface area contributed by atoms with Gasteiger partial charge in [-0.1, -0.05) is 0 Å². The zero-order valence-corrected chi connectivity index (χ0v) is 5.35. The van der Waals surface area contributed by atoms with Gasteiger partial charge in [0.1, 0.15) is 0 Å². The molecule has 0 aliphatic carbocycles. The van der Waals surface area contributed by atoms with Crippen LogP contribution in [0.25, 0.3) is 0 Å². The van der Waals surface area contributed by atoms with Crippen molar-refractivity contribution in [3.8, 4) is 0 Å². The zero-order valence-electron chi connectivity index (χ0n) is 5.35. The Morgan fingerprint density at radius 2 is 2.11 bits per heavy atom. The maximum Gasteiger partial charge on any atom is 0.0459 e. The minimum absolute atomic E-state index is 0.394. The third-order valence-corrected chi connectivity index (χ3v) is 2.17. The van der Waals surface area contributed by atoms with Crippen LogP contribution in [-0.2, 0) is 0 Å². The molecule has 3 heteroatoms. The van der Waals surface area contributed by atoms with Crippen LogP contribution in [-0.4, -0.2) is 31.3 Å². The Morgan fingerprint density at radius 3 is 2.89 bits per heavy atom. The maximum atomic E-state index is 3.97. The van der Waals surface area contributed by atoms with Crippen LogP contribution in [0.15, 0.2) is 0 Å². The average Bonchev–Trinajstić information content (AvgIpc) is 2.35. The van der Waals surface area contributed by atoms with Gasteiger partial charge in [-0.2, -0.15) is 0 Å². The Morgan fingerprint density at radius 1 is 1.22 bits per heavy atom. The summed E-state index contributed by atoms with van der Waals surface area (Å²) in [6.07, 6.45) is 0. The van der Waals surface area contributed by atoms with Crippen LogP contribution >= 0.6 is 0 Å². The van der Waals surface area contributed by atoms with Gasteiger partial charge in [0.15, 0.2) is 0 Å². The first-order valence-electron chi connectivity index (χ1n) is 3.41. The molecule has 0 saturated carbocycles. The molecule has 0 aromatic rings. The molecule has 2 aliphatic heterocycles. The second-order valence-corrected chi connectivity index (χ2v) is 2.73.